The smallest absolute Gasteiger partial charge is 0.160 e. The Bertz CT molecular complexity index is 516. The molecule has 2 aromatic rings. The normalized spacial score (nSPS) is 14.3. The minimum Gasteiger partial charge on any atom is -0.380 e. The summed E-state index contributed by atoms with van der Waals surface area (Å²) in [5.41, 5.74) is 4.39. The lowest BCUT2D eigenvalue weighted by Gasteiger charge is -2.12. The van der Waals surface area contributed by atoms with Crippen molar-refractivity contribution >= 4 is 5.69 Å². The molecule has 0 bridgehead atoms. The second-order valence-electron chi connectivity index (χ2n) is 4.23. The highest BCUT2D eigenvalue weighted by Gasteiger charge is 2.19. The minimum absolute atomic E-state index is 0.943. The summed E-state index contributed by atoms with van der Waals surface area (Å²) >= 11 is 0. The number of nitrogens with one attached hydrogen (secondary N) is 1. The third-order valence-corrected chi connectivity index (χ3v) is 2.94. The van der Waals surface area contributed by atoms with E-state index in [1.807, 2.05) is 0 Å². The molecule has 82 valence electrons. The van der Waals surface area contributed by atoms with Crippen molar-refractivity contribution in [1.29, 1.82) is 0 Å². The van der Waals surface area contributed by atoms with E-state index in [4.69, 9.17) is 4.52 Å². The molecule has 1 aromatic heterocycles. The Hall–Kier alpha value is -1.77. The first-order valence-corrected chi connectivity index (χ1v) is 5.64. The predicted molar refractivity (Wildman–Crippen MR) is 63.5 cm³/mol. The van der Waals surface area contributed by atoms with Crippen LogP contribution in [0, 0.1) is 6.92 Å². The second kappa shape index (κ2) is 3.67. The van der Waals surface area contributed by atoms with Crippen LogP contribution in [0.5, 0.6) is 0 Å². The van der Waals surface area contributed by atoms with Gasteiger partial charge in [0.1, 0.15) is 11.4 Å². The van der Waals surface area contributed by atoms with Crippen LogP contribution < -0.4 is 5.32 Å². The number of benzene rings is 1. The molecule has 0 saturated carbocycles. The van der Waals surface area contributed by atoms with Crippen molar-refractivity contribution in [3.8, 4) is 11.3 Å². The molecular formula is C13H14N2O. The van der Waals surface area contributed by atoms with Crippen LogP contribution in [-0.4, -0.2) is 11.7 Å². The first-order chi connectivity index (χ1) is 7.84. The zero-order valence-corrected chi connectivity index (χ0v) is 9.29. The van der Waals surface area contributed by atoms with Gasteiger partial charge in [-0.2, -0.15) is 0 Å². The van der Waals surface area contributed by atoms with Gasteiger partial charge in [0.05, 0.1) is 0 Å². The molecule has 1 N–H and O–H groups in total. The molecule has 1 aliphatic heterocycles. The third kappa shape index (κ3) is 1.48. The van der Waals surface area contributed by atoms with E-state index >= 15 is 0 Å². The number of fused-ring (bicyclic) bond motifs is 1. The molecule has 3 nitrogen and oxygen atoms in total. The first kappa shape index (κ1) is 9.46. The van der Waals surface area contributed by atoms with Gasteiger partial charge in [-0.25, -0.2) is 0 Å². The number of anilines is 1. The van der Waals surface area contributed by atoms with Gasteiger partial charge in [0.2, 0.25) is 0 Å². The van der Waals surface area contributed by atoms with E-state index in [-0.39, 0.29) is 0 Å². The molecule has 0 amide bonds. The van der Waals surface area contributed by atoms with E-state index in [1.54, 1.807) is 0 Å². The molecule has 16 heavy (non-hydrogen) atoms. The topological polar surface area (TPSA) is 38.1 Å². The molecule has 0 unspecified atom stereocenters. The fourth-order valence-electron chi connectivity index (χ4n) is 2.13. The van der Waals surface area contributed by atoms with Crippen LogP contribution in [0.25, 0.3) is 11.3 Å². The maximum atomic E-state index is 5.37. The van der Waals surface area contributed by atoms with Crippen LogP contribution >= 0.6 is 0 Å². The molecule has 1 aliphatic rings. The monoisotopic (exact) mass is 214 g/mol. The van der Waals surface area contributed by atoms with E-state index in [9.17, 15) is 0 Å². The van der Waals surface area contributed by atoms with E-state index < -0.39 is 0 Å². The van der Waals surface area contributed by atoms with Crippen LogP contribution in [0.4, 0.5) is 5.69 Å². The van der Waals surface area contributed by atoms with Crippen molar-refractivity contribution in [2.24, 2.45) is 0 Å². The van der Waals surface area contributed by atoms with Crippen LogP contribution in [0.15, 0.2) is 28.8 Å². The van der Waals surface area contributed by atoms with Crippen molar-refractivity contribution in [2.75, 3.05) is 11.9 Å². The summed E-state index contributed by atoms with van der Waals surface area (Å²) in [6, 6.07) is 8.34. The van der Waals surface area contributed by atoms with Gasteiger partial charge in [-0.1, -0.05) is 28.9 Å². The third-order valence-electron chi connectivity index (χ3n) is 2.94. The molecule has 0 spiro atoms. The summed E-state index contributed by atoms with van der Waals surface area (Å²) in [4.78, 5) is 0. The lowest BCUT2D eigenvalue weighted by atomic mass is 10.0. The van der Waals surface area contributed by atoms with E-state index in [1.165, 1.54) is 5.56 Å². The van der Waals surface area contributed by atoms with E-state index in [0.29, 0.717) is 0 Å². The molecular weight excluding hydrogens is 200 g/mol. The predicted octanol–water partition coefficient (Wildman–Crippen LogP) is 3.01. The number of hydrogen-bond acceptors (Lipinski definition) is 3. The summed E-state index contributed by atoms with van der Waals surface area (Å²) in [7, 11) is 0. The lowest BCUT2D eigenvalue weighted by molar-refractivity contribution is 0.382. The Kier molecular flexibility index (Phi) is 2.17. The highest BCUT2D eigenvalue weighted by molar-refractivity contribution is 5.76. The number of aryl methyl sites for hydroxylation is 2. The molecule has 3 heteroatoms. The van der Waals surface area contributed by atoms with Crippen LogP contribution in [0.3, 0.4) is 0 Å². The highest BCUT2D eigenvalue weighted by atomic mass is 16.5. The van der Waals surface area contributed by atoms with Gasteiger partial charge < -0.3 is 9.84 Å². The van der Waals surface area contributed by atoms with Crippen LogP contribution in [0.1, 0.15) is 17.7 Å². The molecule has 1 aromatic carbocycles. The van der Waals surface area contributed by atoms with Gasteiger partial charge >= 0.3 is 0 Å². The Balaban J connectivity index is 2.09. The summed E-state index contributed by atoms with van der Waals surface area (Å²) in [6.07, 6.45) is 2.11. The molecule has 0 aliphatic carbocycles. The van der Waals surface area contributed by atoms with Crippen molar-refractivity contribution in [3.63, 3.8) is 0 Å². The Morgan fingerprint density at radius 2 is 2.31 bits per heavy atom. The zero-order chi connectivity index (χ0) is 11.0. The quantitative estimate of drug-likeness (QED) is 0.793. The molecule has 3 rings (SSSR count). The van der Waals surface area contributed by atoms with Crippen LogP contribution in [0.2, 0.25) is 0 Å². The van der Waals surface area contributed by atoms with Crippen molar-refractivity contribution in [2.45, 2.75) is 19.8 Å². The Morgan fingerprint density at radius 1 is 1.38 bits per heavy atom. The zero-order valence-electron chi connectivity index (χ0n) is 9.29. The average molecular weight is 214 g/mol. The Morgan fingerprint density at radius 3 is 3.19 bits per heavy atom. The minimum atomic E-state index is 0.943. The van der Waals surface area contributed by atoms with E-state index in [0.717, 1.165) is 42.1 Å². The summed E-state index contributed by atoms with van der Waals surface area (Å²) in [5.74, 6) is 0.989. The van der Waals surface area contributed by atoms with E-state index in [2.05, 4.69) is 41.7 Å². The maximum absolute atomic E-state index is 5.37. The van der Waals surface area contributed by atoms with Crippen molar-refractivity contribution in [3.05, 3.63) is 35.6 Å². The molecule has 0 atom stereocenters. The average Bonchev–Trinajstić information content (AvgIpc) is 2.72. The molecule has 0 fully saturated rings. The number of rotatable bonds is 1. The fourth-order valence-corrected chi connectivity index (χ4v) is 2.13. The van der Waals surface area contributed by atoms with Gasteiger partial charge in [-0.05, 0) is 19.4 Å². The first-order valence-electron chi connectivity index (χ1n) is 5.64. The number of nitrogens with zero attached hydrogens (tertiary/aromatic N) is 1. The number of hydrogen-bond donors (Lipinski definition) is 1. The largest absolute Gasteiger partial charge is 0.380 e. The van der Waals surface area contributed by atoms with Crippen molar-refractivity contribution < 1.29 is 4.52 Å². The number of aromatic nitrogens is 1. The summed E-state index contributed by atoms with van der Waals surface area (Å²) in [5, 5.41) is 7.54. The van der Waals surface area contributed by atoms with Crippen LogP contribution in [-0.2, 0) is 6.42 Å². The molecule has 0 radical (unpaired) electrons. The summed E-state index contributed by atoms with van der Waals surface area (Å²) < 4.78 is 5.37. The van der Waals surface area contributed by atoms with Crippen molar-refractivity contribution in [1.82, 2.24) is 5.16 Å². The maximum Gasteiger partial charge on any atom is 0.160 e. The van der Waals surface area contributed by atoms with Gasteiger partial charge in [0.15, 0.2) is 5.76 Å². The highest BCUT2D eigenvalue weighted by Crippen LogP contribution is 2.33. The SMILES string of the molecule is Cc1cccc(-c2noc3c2NCCC3)c1. The summed E-state index contributed by atoms with van der Waals surface area (Å²) in [6.45, 7) is 3.09. The van der Waals surface area contributed by atoms with Gasteiger partial charge in [0, 0.05) is 18.5 Å². The van der Waals surface area contributed by atoms with Gasteiger partial charge in [-0.3, -0.25) is 0 Å². The lowest BCUT2D eigenvalue weighted by Crippen LogP contribution is -2.10. The van der Waals surface area contributed by atoms with Gasteiger partial charge in [0.25, 0.3) is 0 Å². The molecule has 2 heterocycles. The Labute approximate surface area is 94.5 Å². The van der Waals surface area contributed by atoms with Gasteiger partial charge in [-0.15, -0.1) is 0 Å². The molecule has 0 saturated heterocycles. The second-order valence-corrected chi connectivity index (χ2v) is 4.23. The fraction of sp³-hybridized carbons (Fsp3) is 0.308. The standard InChI is InChI=1S/C13H14N2O/c1-9-4-2-5-10(8-9)12-13-11(16-15-12)6-3-7-14-13/h2,4-5,8,14H,3,6-7H2,1H3.